The van der Waals surface area contributed by atoms with Crippen LogP contribution >= 0.6 is 11.3 Å². The molecule has 0 bridgehead atoms. The molecule has 0 aliphatic carbocycles. The van der Waals surface area contributed by atoms with E-state index in [9.17, 15) is 22.8 Å². The maximum absolute atomic E-state index is 12.9. The van der Waals surface area contributed by atoms with Crippen LogP contribution < -0.4 is 11.1 Å². The molecule has 0 aliphatic rings. The number of carbonyl (C=O) groups is 2. The number of benzene rings is 1. The Hall–Kier alpha value is -2.42. The normalized spacial score (nSPS) is 13.3. The molecule has 26 heavy (non-hydrogen) atoms. The standard InChI is InChI=1S/C17H18F3N3O2S/c1-16(2,3)14(25)23-15-22-11(8-26-15)12(13(21)24)9-5-4-6-10(7-9)17(18,19)20/h4-8,12H,1-3H3,(H2,21,24)(H,22,23,25). The van der Waals surface area contributed by atoms with E-state index in [4.69, 9.17) is 5.73 Å². The first-order valence-electron chi connectivity index (χ1n) is 7.63. The smallest absolute Gasteiger partial charge is 0.369 e. The third-order valence-corrected chi connectivity index (χ3v) is 4.33. The zero-order valence-electron chi connectivity index (χ0n) is 14.3. The van der Waals surface area contributed by atoms with Crippen LogP contribution in [0.1, 0.15) is 43.5 Å². The van der Waals surface area contributed by atoms with Gasteiger partial charge in [0.15, 0.2) is 5.13 Å². The maximum Gasteiger partial charge on any atom is 0.416 e. The Bertz CT molecular complexity index is 825. The summed E-state index contributed by atoms with van der Waals surface area (Å²) in [5, 5.41) is 4.36. The van der Waals surface area contributed by atoms with Crippen molar-refractivity contribution in [2.24, 2.45) is 11.1 Å². The number of amides is 2. The van der Waals surface area contributed by atoms with E-state index in [0.717, 1.165) is 23.5 Å². The SMILES string of the molecule is CC(C)(C)C(=O)Nc1nc(C(C(N)=O)c2cccc(C(F)(F)F)c2)cs1. The van der Waals surface area contributed by atoms with Crippen LogP contribution in [0.2, 0.25) is 0 Å². The molecule has 1 aromatic heterocycles. The van der Waals surface area contributed by atoms with Crippen molar-refractivity contribution in [3.8, 4) is 0 Å². The number of rotatable bonds is 4. The zero-order valence-corrected chi connectivity index (χ0v) is 15.2. The molecule has 1 heterocycles. The second kappa shape index (κ2) is 7.06. The molecule has 0 fully saturated rings. The second-order valence-electron chi connectivity index (χ2n) is 6.74. The largest absolute Gasteiger partial charge is 0.416 e. The Balaban J connectivity index is 2.35. The van der Waals surface area contributed by atoms with Gasteiger partial charge in [0.2, 0.25) is 11.8 Å². The van der Waals surface area contributed by atoms with Crippen LogP contribution in [0, 0.1) is 5.41 Å². The molecule has 0 spiro atoms. The Morgan fingerprint density at radius 1 is 1.23 bits per heavy atom. The number of primary amides is 1. The fourth-order valence-electron chi connectivity index (χ4n) is 2.14. The van der Waals surface area contributed by atoms with Crippen molar-refractivity contribution in [2.45, 2.75) is 32.9 Å². The van der Waals surface area contributed by atoms with E-state index in [-0.39, 0.29) is 22.3 Å². The third kappa shape index (κ3) is 4.60. The summed E-state index contributed by atoms with van der Waals surface area (Å²) in [5.41, 5.74) is 4.15. The van der Waals surface area contributed by atoms with E-state index >= 15 is 0 Å². The Morgan fingerprint density at radius 3 is 2.42 bits per heavy atom. The molecule has 2 aromatic rings. The Labute approximate surface area is 152 Å². The summed E-state index contributed by atoms with van der Waals surface area (Å²) in [6.07, 6.45) is -4.54. The molecule has 0 saturated carbocycles. The molecule has 1 aromatic carbocycles. The number of alkyl halides is 3. The van der Waals surface area contributed by atoms with Crippen molar-refractivity contribution < 1.29 is 22.8 Å². The number of hydrogen-bond acceptors (Lipinski definition) is 4. The van der Waals surface area contributed by atoms with Gasteiger partial charge in [-0.3, -0.25) is 9.59 Å². The highest BCUT2D eigenvalue weighted by molar-refractivity contribution is 7.14. The van der Waals surface area contributed by atoms with Gasteiger partial charge < -0.3 is 11.1 Å². The van der Waals surface area contributed by atoms with E-state index in [2.05, 4.69) is 10.3 Å². The number of anilines is 1. The predicted octanol–water partition coefficient (Wildman–Crippen LogP) is 3.76. The van der Waals surface area contributed by atoms with E-state index in [1.165, 1.54) is 17.5 Å². The van der Waals surface area contributed by atoms with Gasteiger partial charge in [-0.25, -0.2) is 4.98 Å². The van der Waals surface area contributed by atoms with Gasteiger partial charge in [-0.2, -0.15) is 13.2 Å². The summed E-state index contributed by atoms with van der Waals surface area (Å²) in [6.45, 7) is 5.18. The first-order valence-corrected chi connectivity index (χ1v) is 8.51. The fraction of sp³-hybridized carbons (Fsp3) is 0.353. The zero-order chi connectivity index (χ0) is 19.7. The first-order chi connectivity index (χ1) is 11.9. The number of hydrogen-bond donors (Lipinski definition) is 2. The number of nitrogens with zero attached hydrogens (tertiary/aromatic N) is 1. The van der Waals surface area contributed by atoms with Crippen LogP contribution in [0.4, 0.5) is 18.3 Å². The highest BCUT2D eigenvalue weighted by Crippen LogP contribution is 2.34. The molecule has 1 atom stereocenters. The molecular formula is C17H18F3N3O2S. The first kappa shape index (κ1) is 19.9. The topological polar surface area (TPSA) is 85.1 Å². The van der Waals surface area contributed by atoms with E-state index in [1.54, 1.807) is 20.8 Å². The van der Waals surface area contributed by atoms with Gasteiger partial charge in [-0.15, -0.1) is 11.3 Å². The van der Waals surface area contributed by atoms with Crippen LogP contribution in [0.5, 0.6) is 0 Å². The number of aromatic nitrogens is 1. The summed E-state index contributed by atoms with van der Waals surface area (Å²) in [7, 11) is 0. The highest BCUT2D eigenvalue weighted by atomic mass is 32.1. The van der Waals surface area contributed by atoms with Crippen molar-refractivity contribution in [3.63, 3.8) is 0 Å². The second-order valence-corrected chi connectivity index (χ2v) is 7.60. The number of halogens is 3. The van der Waals surface area contributed by atoms with Gasteiger partial charge in [0, 0.05) is 10.8 Å². The summed E-state index contributed by atoms with van der Waals surface area (Å²) in [5.74, 6) is -2.25. The quantitative estimate of drug-likeness (QED) is 0.840. The average molecular weight is 385 g/mol. The number of nitrogens with two attached hydrogens (primary N) is 1. The molecule has 9 heteroatoms. The van der Waals surface area contributed by atoms with Gasteiger partial charge in [0.25, 0.3) is 0 Å². The lowest BCUT2D eigenvalue weighted by molar-refractivity contribution is -0.137. The van der Waals surface area contributed by atoms with Crippen molar-refractivity contribution in [3.05, 3.63) is 46.5 Å². The van der Waals surface area contributed by atoms with Crippen molar-refractivity contribution in [1.29, 1.82) is 0 Å². The minimum Gasteiger partial charge on any atom is -0.369 e. The summed E-state index contributed by atoms with van der Waals surface area (Å²) in [4.78, 5) is 28.0. The third-order valence-electron chi connectivity index (χ3n) is 3.55. The molecule has 0 saturated heterocycles. The van der Waals surface area contributed by atoms with Crippen LogP contribution in [0.25, 0.3) is 0 Å². The number of thiazole rings is 1. The van der Waals surface area contributed by atoms with Crippen LogP contribution in [-0.4, -0.2) is 16.8 Å². The summed E-state index contributed by atoms with van der Waals surface area (Å²) >= 11 is 1.07. The van der Waals surface area contributed by atoms with Crippen molar-refractivity contribution >= 4 is 28.3 Å². The molecule has 0 aliphatic heterocycles. The minimum atomic E-state index is -4.54. The molecular weight excluding hydrogens is 367 g/mol. The highest BCUT2D eigenvalue weighted by Gasteiger charge is 2.32. The summed E-state index contributed by atoms with van der Waals surface area (Å²) in [6, 6.07) is 4.39. The van der Waals surface area contributed by atoms with Gasteiger partial charge in [-0.1, -0.05) is 39.0 Å². The van der Waals surface area contributed by atoms with Crippen LogP contribution in [0.15, 0.2) is 29.6 Å². The molecule has 0 radical (unpaired) electrons. The van der Waals surface area contributed by atoms with Crippen LogP contribution in [0.3, 0.4) is 0 Å². The molecule has 1 unspecified atom stereocenters. The fourth-order valence-corrected chi connectivity index (χ4v) is 2.87. The lowest BCUT2D eigenvalue weighted by atomic mass is 9.94. The van der Waals surface area contributed by atoms with Gasteiger partial charge >= 0.3 is 6.18 Å². The van der Waals surface area contributed by atoms with Crippen LogP contribution in [-0.2, 0) is 15.8 Å². The van der Waals surface area contributed by atoms with Gasteiger partial charge in [0.1, 0.15) is 5.92 Å². The lowest BCUT2D eigenvalue weighted by Gasteiger charge is -2.16. The molecule has 140 valence electrons. The van der Waals surface area contributed by atoms with Gasteiger partial charge in [0.05, 0.1) is 11.3 Å². The van der Waals surface area contributed by atoms with E-state index < -0.39 is 29.0 Å². The van der Waals surface area contributed by atoms with E-state index in [1.807, 2.05) is 0 Å². The minimum absolute atomic E-state index is 0.0892. The monoisotopic (exact) mass is 385 g/mol. The van der Waals surface area contributed by atoms with Gasteiger partial charge in [-0.05, 0) is 11.6 Å². The Morgan fingerprint density at radius 2 is 1.88 bits per heavy atom. The average Bonchev–Trinajstić information content (AvgIpc) is 2.93. The molecule has 5 nitrogen and oxygen atoms in total. The number of carbonyl (C=O) groups excluding carboxylic acids is 2. The van der Waals surface area contributed by atoms with Crippen molar-refractivity contribution in [2.75, 3.05) is 5.32 Å². The van der Waals surface area contributed by atoms with Crippen molar-refractivity contribution in [1.82, 2.24) is 4.98 Å². The number of nitrogens with one attached hydrogen (secondary N) is 1. The maximum atomic E-state index is 12.9. The Kier molecular flexibility index (Phi) is 5.41. The summed E-state index contributed by atoms with van der Waals surface area (Å²) < 4.78 is 38.8. The molecule has 2 rings (SSSR count). The lowest BCUT2D eigenvalue weighted by Crippen LogP contribution is -2.27. The molecule has 3 N–H and O–H groups in total. The predicted molar refractivity (Wildman–Crippen MR) is 92.7 cm³/mol. The molecule has 2 amide bonds. The van der Waals surface area contributed by atoms with E-state index in [0.29, 0.717) is 0 Å².